The third-order valence-corrected chi connectivity index (χ3v) is 7.40. The number of nitrogens with zero attached hydrogens (tertiary/aromatic N) is 1. The van der Waals surface area contributed by atoms with Gasteiger partial charge in [0.2, 0.25) is 0 Å². The number of carbonyl (C=O) groups excluding carboxylic acids is 1. The Morgan fingerprint density at radius 3 is 2.53 bits per heavy atom. The lowest BCUT2D eigenvalue weighted by atomic mass is 10.1. The average Bonchev–Trinajstić information content (AvgIpc) is 3.20. The van der Waals surface area contributed by atoms with Crippen LogP contribution in [-0.4, -0.2) is 27.5 Å². The number of nitrogens with one attached hydrogen (secondary N) is 1. The van der Waals surface area contributed by atoms with Crippen LogP contribution in [0.15, 0.2) is 65.6 Å². The number of rotatable bonds is 6. The first kappa shape index (κ1) is 21.9. The third-order valence-electron chi connectivity index (χ3n) is 5.59. The predicted molar refractivity (Wildman–Crippen MR) is 126 cm³/mol. The minimum atomic E-state index is -3.67. The van der Waals surface area contributed by atoms with Crippen molar-refractivity contribution in [3.63, 3.8) is 0 Å². The number of hydrogen-bond donors (Lipinski definition) is 1. The molecule has 32 heavy (non-hydrogen) atoms. The smallest absolute Gasteiger partial charge is 0.264 e. The SMILES string of the molecule is Cc1ccc(NC(=O)COc2ccc(S(=O)(=O)N3CCc4ccccc43)cc2C)c(C)c1. The largest absolute Gasteiger partial charge is 0.483 e. The maximum Gasteiger partial charge on any atom is 0.264 e. The van der Waals surface area contributed by atoms with Gasteiger partial charge in [0.05, 0.1) is 10.6 Å². The van der Waals surface area contributed by atoms with E-state index in [9.17, 15) is 13.2 Å². The molecule has 3 aromatic rings. The van der Waals surface area contributed by atoms with Crippen molar-refractivity contribution >= 4 is 27.3 Å². The predicted octanol–water partition coefficient (Wildman–Crippen LogP) is 4.38. The van der Waals surface area contributed by atoms with Crippen molar-refractivity contribution in [2.24, 2.45) is 0 Å². The number of sulfonamides is 1. The number of hydrogen-bond acceptors (Lipinski definition) is 4. The summed E-state index contributed by atoms with van der Waals surface area (Å²) in [4.78, 5) is 12.5. The lowest BCUT2D eigenvalue weighted by molar-refractivity contribution is -0.118. The van der Waals surface area contributed by atoms with Gasteiger partial charge in [-0.25, -0.2) is 8.42 Å². The standard InChI is InChI=1S/C25H26N2O4S/c1-17-8-10-22(18(2)14-17)26-25(28)16-31-24-11-9-21(15-19(24)3)32(29,30)27-13-12-20-6-4-5-7-23(20)27/h4-11,14-15H,12-13,16H2,1-3H3,(H,26,28). The van der Waals surface area contributed by atoms with Crippen LogP contribution in [0.5, 0.6) is 5.75 Å². The van der Waals surface area contributed by atoms with Crippen LogP contribution in [0, 0.1) is 20.8 Å². The molecule has 0 spiro atoms. The van der Waals surface area contributed by atoms with E-state index in [1.165, 1.54) is 10.4 Å². The molecule has 166 valence electrons. The second-order valence-electron chi connectivity index (χ2n) is 8.04. The molecule has 4 rings (SSSR count). The van der Waals surface area contributed by atoms with E-state index in [0.717, 1.165) is 28.1 Å². The van der Waals surface area contributed by atoms with Crippen molar-refractivity contribution in [2.75, 3.05) is 22.8 Å². The fourth-order valence-electron chi connectivity index (χ4n) is 3.91. The summed E-state index contributed by atoms with van der Waals surface area (Å²) in [6.45, 7) is 5.97. The molecule has 1 N–H and O–H groups in total. The summed E-state index contributed by atoms with van der Waals surface area (Å²) in [6.07, 6.45) is 0.700. The summed E-state index contributed by atoms with van der Waals surface area (Å²) in [6, 6.07) is 18.1. The number of amides is 1. The first-order chi connectivity index (χ1) is 15.3. The molecule has 0 saturated heterocycles. The molecular formula is C25H26N2O4S. The Morgan fingerprint density at radius 1 is 1.00 bits per heavy atom. The first-order valence-electron chi connectivity index (χ1n) is 10.5. The Kier molecular flexibility index (Phi) is 5.93. The number of anilines is 2. The summed E-state index contributed by atoms with van der Waals surface area (Å²) >= 11 is 0. The maximum atomic E-state index is 13.2. The van der Waals surface area contributed by atoms with Gasteiger partial charge in [-0.2, -0.15) is 0 Å². The Morgan fingerprint density at radius 2 is 1.78 bits per heavy atom. The average molecular weight is 451 g/mol. The van der Waals surface area contributed by atoms with Gasteiger partial charge in [-0.3, -0.25) is 9.10 Å². The molecule has 0 saturated carbocycles. The zero-order chi connectivity index (χ0) is 22.9. The summed E-state index contributed by atoms with van der Waals surface area (Å²) in [7, 11) is -3.67. The zero-order valence-electron chi connectivity index (χ0n) is 18.4. The van der Waals surface area contributed by atoms with Crippen molar-refractivity contribution in [1.82, 2.24) is 0 Å². The Hall–Kier alpha value is -3.32. The second-order valence-corrected chi connectivity index (χ2v) is 9.90. The number of fused-ring (bicyclic) bond motifs is 1. The molecule has 1 aliphatic rings. The molecule has 7 heteroatoms. The van der Waals surface area contributed by atoms with Crippen molar-refractivity contribution in [3.8, 4) is 5.75 Å². The normalized spacial score (nSPS) is 13.0. The van der Waals surface area contributed by atoms with Gasteiger partial charge in [0.15, 0.2) is 6.61 Å². The van der Waals surface area contributed by atoms with E-state index < -0.39 is 10.0 Å². The molecule has 0 aromatic heterocycles. The minimum Gasteiger partial charge on any atom is -0.483 e. The Balaban J connectivity index is 1.45. The molecule has 1 amide bonds. The quantitative estimate of drug-likeness (QED) is 0.605. The van der Waals surface area contributed by atoms with Gasteiger partial charge in [-0.1, -0.05) is 35.9 Å². The molecular weight excluding hydrogens is 424 g/mol. The molecule has 0 fully saturated rings. The molecule has 0 radical (unpaired) electrons. The van der Waals surface area contributed by atoms with E-state index in [1.54, 1.807) is 19.1 Å². The van der Waals surface area contributed by atoms with E-state index >= 15 is 0 Å². The molecule has 1 aliphatic heterocycles. The molecule has 0 aliphatic carbocycles. The summed E-state index contributed by atoms with van der Waals surface area (Å²) < 4.78 is 33.5. The lowest BCUT2D eigenvalue weighted by Crippen LogP contribution is -2.29. The highest BCUT2D eigenvalue weighted by Crippen LogP contribution is 2.33. The lowest BCUT2D eigenvalue weighted by Gasteiger charge is -2.20. The van der Waals surface area contributed by atoms with E-state index in [0.29, 0.717) is 24.3 Å². The van der Waals surface area contributed by atoms with Gasteiger partial charge < -0.3 is 10.1 Å². The van der Waals surface area contributed by atoms with Gasteiger partial charge in [0, 0.05) is 12.2 Å². The minimum absolute atomic E-state index is 0.167. The van der Waals surface area contributed by atoms with Crippen LogP contribution in [0.2, 0.25) is 0 Å². The highest BCUT2D eigenvalue weighted by molar-refractivity contribution is 7.92. The molecule has 0 bridgehead atoms. The second kappa shape index (κ2) is 8.67. The van der Waals surface area contributed by atoms with Crippen LogP contribution in [0.1, 0.15) is 22.3 Å². The van der Waals surface area contributed by atoms with E-state index in [2.05, 4.69) is 5.32 Å². The number of aryl methyl sites for hydroxylation is 3. The van der Waals surface area contributed by atoms with Crippen LogP contribution in [0.4, 0.5) is 11.4 Å². The van der Waals surface area contributed by atoms with Gasteiger partial charge >= 0.3 is 0 Å². The Labute approximate surface area is 188 Å². The monoisotopic (exact) mass is 450 g/mol. The van der Waals surface area contributed by atoms with E-state index in [1.807, 2.05) is 56.3 Å². The fourth-order valence-corrected chi connectivity index (χ4v) is 5.50. The molecule has 6 nitrogen and oxygen atoms in total. The molecule has 1 heterocycles. The highest BCUT2D eigenvalue weighted by Gasteiger charge is 2.30. The molecule has 0 unspecified atom stereocenters. The number of para-hydroxylation sites is 1. The molecule has 0 atom stereocenters. The van der Waals surface area contributed by atoms with E-state index in [-0.39, 0.29) is 17.4 Å². The van der Waals surface area contributed by atoms with Crippen LogP contribution in [0.25, 0.3) is 0 Å². The van der Waals surface area contributed by atoms with Crippen LogP contribution >= 0.6 is 0 Å². The van der Waals surface area contributed by atoms with Crippen molar-refractivity contribution in [1.29, 1.82) is 0 Å². The van der Waals surface area contributed by atoms with Crippen molar-refractivity contribution in [2.45, 2.75) is 32.1 Å². The third kappa shape index (κ3) is 4.34. The Bertz CT molecular complexity index is 1280. The number of benzene rings is 3. The van der Waals surface area contributed by atoms with Crippen molar-refractivity contribution in [3.05, 3.63) is 82.9 Å². The van der Waals surface area contributed by atoms with Gasteiger partial charge in [0.25, 0.3) is 15.9 Å². The highest BCUT2D eigenvalue weighted by atomic mass is 32.2. The summed E-state index contributed by atoms with van der Waals surface area (Å²) in [5.74, 6) is 0.197. The van der Waals surface area contributed by atoms with Gasteiger partial charge in [0.1, 0.15) is 5.75 Å². The molecule has 3 aromatic carbocycles. The topological polar surface area (TPSA) is 75.7 Å². The fraction of sp³-hybridized carbons (Fsp3) is 0.240. The van der Waals surface area contributed by atoms with Crippen LogP contribution in [-0.2, 0) is 21.2 Å². The summed E-state index contributed by atoms with van der Waals surface area (Å²) in [5, 5.41) is 2.84. The van der Waals surface area contributed by atoms with Gasteiger partial charge in [-0.05, 0) is 74.2 Å². The maximum absolute atomic E-state index is 13.2. The first-order valence-corrected chi connectivity index (χ1v) is 11.9. The summed E-state index contributed by atoms with van der Waals surface area (Å²) in [5.41, 5.74) is 5.26. The van der Waals surface area contributed by atoms with Gasteiger partial charge in [-0.15, -0.1) is 0 Å². The zero-order valence-corrected chi connectivity index (χ0v) is 19.2. The van der Waals surface area contributed by atoms with Crippen LogP contribution in [0.3, 0.4) is 0 Å². The van der Waals surface area contributed by atoms with E-state index in [4.69, 9.17) is 4.74 Å². The number of carbonyl (C=O) groups is 1. The van der Waals surface area contributed by atoms with Crippen LogP contribution < -0.4 is 14.4 Å². The number of ether oxygens (including phenoxy) is 1. The van der Waals surface area contributed by atoms with Crippen molar-refractivity contribution < 1.29 is 17.9 Å².